The number of hydrogen-bond donors (Lipinski definition) is 1. The molecule has 0 saturated heterocycles. The molecule has 0 aliphatic rings. The first-order valence-corrected chi connectivity index (χ1v) is 6.65. The van der Waals surface area contributed by atoms with Crippen LogP contribution in [0, 0.1) is 0 Å². The highest BCUT2D eigenvalue weighted by atomic mass is 35.5. The van der Waals surface area contributed by atoms with E-state index in [9.17, 15) is 0 Å². The van der Waals surface area contributed by atoms with Crippen LogP contribution in [0.15, 0.2) is 48.5 Å². The fourth-order valence-electron chi connectivity index (χ4n) is 1.99. The average molecular weight is 260 g/mol. The number of rotatable bonds is 4. The van der Waals surface area contributed by atoms with Crippen molar-refractivity contribution in [3.63, 3.8) is 0 Å². The number of halogens is 1. The van der Waals surface area contributed by atoms with Gasteiger partial charge in [-0.3, -0.25) is 0 Å². The van der Waals surface area contributed by atoms with Crippen LogP contribution in [-0.2, 0) is 12.8 Å². The van der Waals surface area contributed by atoms with Crippen molar-refractivity contribution >= 4 is 11.6 Å². The second-order valence-corrected chi connectivity index (χ2v) is 4.97. The first-order valence-electron chi connectivity index (χ1n) is 6.28. The molecule has 2 aromatic rings. The Bertz CT molecular complexity index is 488. The molecule has 0 aromatic heterocycles. The van der Waals surface area contributed by atoms with E-state index in [0.717, 1.165) is 23.4 Å². The van der Waals surface area contributed by atoms with Crippen LogP contribution in [0.25, 0.3) is 0 Å². The zero-order valence-corrected chi connectivity index (χ0v) is 11.3. The summed E-state index contributed by atoms with van der Waals surface area (Å²) in [6.45, 7) is 2.16. The highest BCUT2D eigenvalue weighted by Gasteiger charge is 2.06. The predicted octanol–water partition coefficient (Wildman–Crippen LogP) is 4.14. The fraction of sp³-hybridized carbons (Fsp3) is 0.250. The Kier molecular flexibility index (Phi) is 4.40. The Morgan fingerprint density at radius 3 is 2.06 bits per heavy atom. The number of hydrogen-bond acceptors (Lipinski definition) is 1. The molecule has 0 heterocycles. The topological polar surface area (TPSA) is 26.0 Å². The van der Waals surface area contributed by atoms with Gasteiger partial charge in [0.2, 0.25) is 0 Å². The Labute approximate surface area is 114 Å². The molecule has 1 unspecified atom stereocenters. The lowest BCUT2D eigenvalue weighted by molar-refractivity contribution is 0.722. The minimum atomic E-state index is 0.0229. The minimum Gasteiger partial charge on any atom is -0.324 e. The summed E-state index contributed by atoms with van der Waals surface area (Å²) in [5, 5.41) is 0.748. The normalized spacial score (nSPS) is 12.4. The summed E-state index contributed by atoms with van der Waals surface area (Å²) in [4.78, 5) is 0. The molecule has 0 radical (unpaired) electrons. The van der Waals surface area contributed by atoms with Gasteiger partial charge in [-0.25, -0.2) is 0 Å². The zero-order chi connectivity index (χ0) is 13.0. The van der Waals surface area contributed by atoms with Crippen LogP contribution in [0.5, 0.6) is 0 Å². The second kappa shape index (κ2) is 6.03. The SMILES string of the molecule is CCc1ccc(CC(N)c2ccc(Cl)cc2)cc1. The number of nitrogens with two attached hydrogens (primary N) is 1. The standard InChI is InChI=1S/C16H18ClN/c1-2-12-3-5-13(6-4-12)11-16(18)14-7-9-15(17)10-8-14/h3-10,16H,2,11,18H2,1H3. The van der Waals surface area contributed by atoms with Gasteiger partial charge in [0.05, 0.1) is 0 Å². The maximum absolute atomic E-state index is 6.20. The third kappa shape index (κ3) is 3.34. The van der Waals surface area contributed by atoms with Crippen LogP contribution in [0.3, 0.4) is 0 Å². The van der Waals surface area contributed by atoms with Gasteiger partial charge in [0.25, 0.3) is 0 Å². The van der Waals surface area contributed by atoms with Crippen molar-refractivity contribution in [2.75, 3.05) is 0 Å². The van der Waals surface area contributed by atoms with E-state index < -0.39 is 0 Å². The van der Waals surface area contributed by atoms with Gasteiger partial charge < -0.3 is 5.73 Å². The molecule has 1 nitrogen and oxygen atoms in total. The van der Waals surface area contributed by atoms with Crippen molar-refractivity contribution in [2.24, 2.45) is 5.73 Å². The van der Waals surface area contributed by atoms with E-state index in [4.69, 9.17) is 17.3 Å². The highest BCUT2D eigenvalue weighted by molar-refractivity contribution is 6.30. The molecule has 0 aliphatic carbocycles. The Morgan fingerprint density at radius 2 is 1.50 bits per heavy atom. The van der Waals surface area contributed by atoms with Crippen molar-refractivity contribution in [2.45, 2.75) is 25.8 Å². The van der Waals surface area contributed by atoms with Crippen LogP contribution in [-0.4, -0.2) is 0 Å². The molecule has 2 N–H and O–H groups in total. The van der Waals surface area contributed by atoms with E-state index in [1.165, 1.54) is 11.1 Å². The molecule has 0 saturated carbocycles. The van der Waals surface area contributed by atoms with Crippen molar-refractivity contribution in [3.05, 3.63) is 70.2 Å². The van der Waals surface area contributed by atoms with Crippen molar-refractivity contribution in [3.8, 4) is 0 Å². The average Bonchev–Trinajstić information content (AvgIpc) is 2.40. The second-order valence-electron chi connectivity index (χ2n) is 4.53. The predicted molar refractivity (Wildman–Crippen MR) is 77.9 cm³/mol. The van der Waals surface area contributed by atoms with Gasteiger partial charge in [-0.05, 0) is 41.7 Å². The molecule has 18 heavy (non-hydrogen) atoms. The van der Waals surface area contributed by atoms with Crippen LogP contribution >= 0.6 is 11.6 Å². The number of aryl methyl sites for hydroxylation is 1. The molecule has 0 spiro atoms. The molecular formula is C16H18ClN. The van der Waals surface area contributed by atoms with Gasteiger partial charge in [0.1, 0.15) is 0 Å². The van der Waals surface area contributed by atoms with Gasteiger partial charge in [-0.2, -0.15) is 0 Å². The summed E-state index contributed by atoms with van der Waals surface area (Å²) in [6, 6.07) is 16.4. The summed E-state index contributed by atoms with van der Waals surface area (Å²) in [5.41, 5.74) is 9.96. The molecule has 2 rings (SSSR count). The van der Waals surface area contributed by atoms with Crippen molar-refractivity contribution in [1.29, 1.82) is 0 Å². The van der Waals surface area contributed by atoms with Gasteiger partial charge in [0.15, 0.2) is 0 Å². The quantitative estimate of drug-likeness (QED) is 0.877. The fourth-order valence-corrected chi connectivity index (χ4v) is 2.12. The molecule has 0 aliphatic heterocycles. The van der Waals surface area contributed by atoms with E-state index >= 15 is 0 Å². The first kappa shape index (κ1) is 13.1. The van der Waals surface area contributed by atoms with Gasteiger partial charge in [-0.15, -0.1) is 0 Å². The largest absolute Gasteiger partial charge is 0.324 e. The Hall–Kier alpha value is -1.31. The molecular weight excluding hydrogens is 242 g/mol. The Balaban J connectivity index is 2.05. The molecule has 2 aromatic carbocycles. The van der Waals surface area contributed by atoms with Crippen LogP contribution in [0.4, 0.5) is 0 Å². The van der Waals surface area contributed by atoms with Crippen LogP contribution in [0.1, 0.15) is 29.7 Å². The first-order chi connectivity index (χ1) is 8.69. The molecule has 94 valence electrons. The maximum Gasteiger partial charge on any atom is 0.0406 e. The van der Waals surface area contributed by atoms with Crippen LogP contribution in [0.2, 0.25) is 5.02 Å². The van der Waals surface area contributed by atoms with E-state index in [2.05, 4.69) is 31.2 Å². The lowest BCUT2D eigenvalue weighted by Crippen LogP contribution is -2.13. The highest BCUT2D eigenvalue weighted by Crippen LogP contribution is 2.18. The summed E-state index contributed by atoms with van der Waals surface area (Å²) in [5.74, 6) is 0. The van der Waals surface area contributed by atoms with Crippen LogP contribution < -0.4 is 5.73 Å². The van der Waals surface area contributed by atoms with E-state index in [-0.39, 0.29) is 6.04 Å². The van der Waals surface area contributed by atoms with Gasteiger partial charge in [0, 0.05) is 11.1 Å². The summed E-state index contributed by atoms with van der Waals surface area (Å²) >= 11 is 5.87. The molecule has 2 heteroatoms. The molecule has 1 atom stereocenters. The van der Waals surface area contributed by atoms with E-state index in [1.807, 2.05) is 24.3 Å². The third-order valence-corrected chi connectivity index (χ3v) is 3.44. The smallest absolute Gasteiger partial charge is 0.0406 e. The van der Waals surface area contributed by atoms with Gasteiger partial charge >= 0.3 is 0 Å². The minimum absolute atomic E-state index is 0.0229. The zero-order valence-electron chi connectivity index (χ0n) is 10.6. The Morgan fingerprint density at radius 1 is 0.944 bits per heavy atom. The molecule has 0 bridgehead atoms. The lowest BCUT2D eigenvalue weighted by Gasteiger charge is -2.12. The number of benzene rings is 2. The summed E-state index contributed by atoms with van der Waals surface area (Å²) in [6.07, 6.45) is 1.93. The summed E-state index contributed by atoms with van der Waals surface area (Å²) in [7, 11) is 0. The summed E-state index contributed by atoms with van der Waals surface area (Å²) < 4.78 is 0. The third-order valence-electron chi connectivity index (χ3n) is 3.18. The maximum atomic E-state index is 6.20. The van der Waals surface area contributed by atoms with Crippen molar-refractivity contribution < 1.29 is 0 Å². The van der Waals surface area contributed by atoms with Gasteiger partial charge in [-0.1, -0.05) is 54.9 Å². The van der Waals surface area contributed by atoms with Crippen molar-refractivity contribution in [1.82, 2.24) is 0 Å². The molecule has 0 amide bonds. The van der Waals surface area contributed by atoms with E-state index in [0.29, 0.717) is 0 Å². The molecule has 0 fully saturated rings. The van der Waals surface area contributed by atoms with E-state index in [1.54, 1.807) is 0 Å². The monoisotopic (exact) mass is 259 g/mol. The lowest BCUT2D eigenvalue weighted by atomic mass is 9.99.